The summed E-state index contributed by atoms with van der Waals surface area (Å²) in [6.45, 7) is 5.81. The molecule has 0 atom stereocenters. The summed E-state index contributed by atoms with van der Waals surface area (Å²) >= 11 is 1.26. The number of anilines is 2. The van der Waals surface area contributed by atoms with Crippen LogP contribution in [-0.2, 0) is 11.3 Å². The van der Waals surface area contributed by atoms with Crippen LogP contribution < -0.4 is 9.64 Å². The van der Waals surface area contributed by atoms with Crippen LogP contribution in [0.15, 0.2) is 83.1 Å². The molecule has 5 rings (SSSR count). The molecule has 0 radical (unpaired) electrons. The van der Waals surface area contributed by atoms with Gasteiger partial charge in [-0.05, 0) is 80.6 Å². The highest BCUT2D eigenvalue weighted by atomic mass is 32.2. The van der Waals surface area contributed by atoms with E-state index in [4.69, 9.17) is 14.5 Å². The Hall–Kier alpha value is -4.38. The maximum atomic E-state index is 13.7. The topological polar surface area (TPSA) is 98.2 Å². The number of carbonyl (C=O) groups excluding carboxylic acids is 1. The molecule has 9 nitrogen and oxygen atoms in total. The quantitative estimate of drug-likeness (QED) is 0.230. The minimum Gasteiger partial charge on any atom is -0.497 e. The van der Waals surface area contributed by atoms with E-state index in [1.165, 1.54) is 28.8 Å². The Morgan fingerprint density at radius 1 is 1.05 bits per heavy atom. The number of methoxy groups -OCH3 is 1. The molecule has 0 spiro atoms. The monoisotopic (exact) mass is 546 g/mol. The first-order chi connectivity index (χ1) is 18.7. The summed E-state index contributed by atoms with van der Waals surface area (Å²) in [4.78, 5) is 28.4. The summed E-state index contributed by atoms with van der Waals surface area (Å²) < 4.78 is 26.3. The lowest BCUT2D eigenvalue weighted by Crippen LogP contribution is -2.35. The van der Waals surface area contributed by atoms with E-state index in [9.17, 15) is 9.18 Å². The zero-order valence-electron chi connectivity index (χ0n) is 21.9. The van der Waals surface area contributed by atoms with Gasteiger partial charge in [0.1, 0.15) is 28.6 Å². The molecule has 0 aliphatic heterocycles. The number of amides is 1. The van der Waals surface area contributed by atoms with Crippen LogP contribution in [-0.4, -0.2) is 43.5 Å². The summed E-state index contributed by atoms with van der Waals surface area (Å²) in [5.41, 5.74) is 0.748. The molecular formula is C28H27FN6O3S. The predicted molar refractivity (Wildman–Crippen MR) is 147 cm³/mol. The van der Waals surface area contributed by atoms with E-state index >= 15 is 0 Å². The van der Waals surface area contributed by atoms with E-state index in [0.29, 0.717) is 34.4 Å². The summed E-state index contributed by atoms with van der Waals surface area (Å²) in [5, 5.41) is 5.49. The fourth-order valence-electron chi connectivity index (χ4n) is 3.87. The zero-order valence-corrected chi connectivity index (χ0v) is 22.7. The van der Waals surface area contributed by atoms with Crippen molar-refractivity contribution < 1.29 is 18.7 Å². The van der Waals surface area contributed by atoms with Gasteiger partial charge in [-0.1, -0.05) is 12.1 Å². The third kappa shape index (κ3) is 6.04. The molecule has 2 aromatic carbocycles. The van der Waals surface area contributed by atoms with Gasteiger partial charge in [0.05, 0.1) is 25.2 Å². The van der Waals surface area contributed by atoms with E-state index in [1.807, 2.05) is 24.3 Å². The highest BCUT2D eigenvalue weighted by Gasteiger charge is 2.31. The number of aromatic amines is 1. The van der Waals surface area contributed by atoms with Crippen LogP contribution in [0.5, 0.6) is 5.75 Å². The minimum absolute atomic E-state index is 0.330. The molecule has 1 amide bonds. The number of halogens is 1. The van der Waals surface area contributed by atoms with E-state index < -0.39 is 11.7 Å². The Morgan fingerprint density at radius 2 is 1.79 bits per heavy atom. The van der Waals surface area contributed by atoms with Crippen LogP contribution in [0.3, 0.4) is 0 Å². The first-order valence-electron chi connectivity index (χ1n) is 12.2. The van der Waals surface area contributed by atoms with Crippen LogP contribution in [0.4, 0.5) is 20.8 Å². The van der Waals surface area contributed by atoms with E-state index in [1.54, 1.807) is 69.2 Å². The molecule has 0 fully saturated rings. The lowest BCUT2D eigenvalue weighted by atomic mass is 10.2. The minimum atomic E-state index is -0.758. The predicted octanol–water partition coefficient (Wildman–Crippen LogP) is 6.57. The number of fused-ring (bicyclic) bond motifs is 1. The third-order valence-corrected chi connectivity index (χ3v) is 6.47. The zero-order chi connectivity index (χ0) is 27.6. The lowest BCUT2D eigenvalue weighted by molar-refractivity contribution is 0.0596. The summed E-state index contributed by atoms with van der Waals surface area (Å²) in [7, 11) is 1.62. The van der Waals surface area contributed by atoms with E-state index in [-0.39, 0.29) is 5.82 Å². The normalized spacial score (nSPS) is 11.5. The molecule has 39 heavy (non-hydrogen) atoms. The maximum absolute atomic E-state index is 13.7. The lowest BCUT2D eigenvalue weighted by Gasteiger charge is -2.27. The van der Waals surface area contributed by atoms with Crippen molar-refractivity contribution in [3.63, 3.8) is 0 Å². The van der Waals surface area contributed by atoms with Gasteiger partial charge in [-0.25, -0.2) is 28.7 Å². The Labute approximate surface area is 229 Å². The molecule has 0 aliphatic carbocycles. The molecule has 0 bridgehead atoms. The van der Waals surface area contributed by atoms with Crippen LogP contribution in [0, 0.1) is 5.82 Å². The molecule has 0 aliphatic rings. The Kier molecular flexibility index (Phi) is 7.25. The van der Waals surface area contributed by atoms with Crippen molar-refractivity contribution in [2.75, 3.05) is 12.0 Å². The van der Waals surface area contributed by atoms with Gasteiger partial charge in [0.25, 0.3) is 0 Å². The van der Waals surface area contributed by atoms with Gasteiger partial charge >= 0.3 is 6.09 Å². The molecule has 1 N–H and O–H groups in total. The molecule has 5 aromatic rings. The molecule has 11 heteroatoms. The van der Waals surface area contributed by atoms with Gasteiger partial charge in [0.2, 0.25) is 0 Å². The van der Waals surface area contributed by atoms with Crippen LogP contribution in [0.2, 0.25) is 0 Å². The van der Waals surface area contributed by atoms with Crippen molar-refractivity contribution in [2.24, 2.45) is 0 Å². The number of rotatable bonds is 7. The first kappa shape index (κ1) is 26.2. The van der Waals surface area contributed by atoms with Crippen molar-refractivity contribution in [1.82, 2.24) is 24.7 Å². The van der Waals surface area contributed by atoms with Gasteiger partial charge in [-0.15, -0.1) is 0 Å². The smallest absolute Gasteiger partial charge is 0.421 e. The van der Waals surface area contributed by atoms with Crippen LogP contribution >= 0.6 is 11.8 Å². The van der Waals surface area contributed by atoms with Crippen molar-refractivity contribution >= 4 is 40.5 Å². The fraction of sp³-hybridized carbons (Fsp3) is 0.214. The SMILES string of the molecule is COc1ccc(Cn2nccc2N(C(=O)OC(C)(C)C)c2nc(Sc3ccc(F)cc3)nc3[nH]ccc23)cc1. The largest absolute Gasteiger partial charge is 0.497 e. The Bertz CT molecular complexity index is 1590. The number of aromatic nitrogens is 5. The molecule has 3 heterocycles. The summed E-state index contributed by atoms with van der Waals surface area (Å²) in [5.74, 6) is 1.22. The number of H-pyrrole nitrogens is 1. The Morgan fingerprint density at radius 3 is 2.49 bits per heavy atom. The summed E-state index contributed by atoms with van der Waals surface area (Å²) in [6.07, 6.45) is 2.75. The number of hydrogen-bond acceptors (Lipinski definition) is 7. The van der Waals surface area contributed by atoms with Crippen molar-refractivity contribution in [3.05, 3.63) is 84.4 Å². The standard InChI is InChI=1S/C28H27FN6O3S/c1-28(2,3)38-27(36)35(23-14-16-31-34(23)17-18-5-9-20(37-4)10-6-18)25-22-13-15-30-24(22)32-26(33-25)39-21-11-7-19(29)8-12-21/h5-16H,17H2,1-4H3,(H,30,32,33). The number of benzene rings is 2. The van der Waals surface area contributed by atoms with Gasteiger partial charge in [0.15, 0.2) is 11.0 Å². The second kappa shape index (κ2) is 10.8. The number of nitrogens with one attached hydrogen (secondary N) is 1. The average molecular weight is 547 g/mol. The van der Waals surface area contributed by atoms with Gasteiger partial charge in [-0.3, -0.25) is 0 Å². The number of nitrogens with zero attached hydrogens (tertiary/aromatic N) is 5. The van der Waals surface area contributed by atoms with Crippen LogP contribution in [0.1, 0.15) is 26.3 Å². The van der Waals surface area contributed by atoms with Crippen molar-refractivity contribution in [3.8, 4) is 5.75 Å². The van der Waals surface area contributed by atoms with Crippen LogP contribution in [0.25, 0.3) is 11.0 Å². The molecule has 3 aromatic heterocycles. The average Bonchev–Trinajstić information content (AvgIpc) is 3.55. The molecule has 0 unspecified atom stereocenters. The highest BCUT2D eigenvalue weighted by molar-refractivity contribution is 7.99. The number of hydrogen-bond donors (Lipinski definition) is 1. The molecular weight excluding hydrogens is 519 g/mol. The first-order valence-corrected chi connectivity index (χ1v) is 13.0. The van der Waals surface area contributed by atoms with E-state index in [0.717, 1.165) is 16.2 Å². The van der Waals surface area contributed by atoms with Gasteiger partial charge < -0.3 is 14.5 Å². The molecule has 0 saturated carbocycles. The van der Waals surface area contributed by atoms with Gasteiger partial charge in [0, 0.05) is 17.2 Å². The van der Waals surface area contributed by atoms with Crippen molar-refractivity contribution in [1.29, 1.82) is 0 Å². The third-order valence-electron chi connectivity index (χ3n) is 5.60. The number of carbonyl (C=O) groups is 1. The van der Waals surface area contributed by atoms with E-state index in [2.05, 4.69) is 15.1 Å². The summed E-state index contributed by atoms with van der Waals surface area (Å²) in [6, 6.07) is 17.2. The number of ether oxygens (including phenoxy) is 2. The maximum Gasteiger partial charge on any atom is 0.421 e. The second-order valence-electron chi connectivity index (χ2n) is 9.64. The highest BCUT2D eigenvalue weighted by Crippen LogP contribution is 2.35. The second-order valence-corrected chi connectivity index (χ2v) is 10.7. The van der Waals surface area contributed by atoms with Crippen molar-refractivity contribution in [2.45, 2.75) is 43.0 Å². The molecule has 0 saturated heterocycles. The van der Waals surface area contributed by atoms with Gasteiger partial charge in [-0.2, -0.15) is 5.10 Å². The molecule has 200 valence electrons. The fourth-order valence-corrected chi connectivity index (χ4v) is 4.62. The Balaban J connectivity index is 1.59.